The third-order valence-electron chi connectivity index (χ3n) is 3.13. The van der Waals surface area contributed by atoms with Crippen LogP contribution in [0.5, 0.6) is 5.75 Å². The molecule has 4 nitrogen and oxygen atoms in total. The van der Waals surface area contributed by atoms with Crippen LogP contribution in [0.4, 0.5) is 10.1 Å². The Morgan fingerprint density at radius 2 is 2.00 bits per heavy atom. The molecule has 17 heavy (non-hydrogen) atoms. The van der Waals surface area contributed by atoms with Gasteiger partial charge in [-0.05, 0) is 12.1 Å². The zero-order valence-corrected chi connectivity index (χ0v) is 9.27. The van der Waals surface area contributed by atoms with Crippen LogP contribution in [0.1, 0.15) is 12.8 Å². The van der Waals surface area contributed by atoms with Crippen LogP contribution in [0.3, 0.4) is 0 Å². The smallest absolute Gasteiger partial charge is 0.341 e. The van der Waals surface area contributed by atoms with Crippen molar-refractivity contribution in [3.8, 4) is 5.75 Å². The molecule has 0 aliphatic carbocycles. The van der Waals surface area contributed by atoms with Crippen molar-refractivity contribution in [2.24, 2.45) is 0 Å². The van der Waals surface area contributed by atoms with Gasteiger partial charge in [0.1, 0.15) is 5.75 Å². The molecule has 0 saturated carbocycles. The summed E-state index contributed by atoms with van der Waals surface area (Å²) < 4.78 is 13.8. The topological polar surface area (TPSA) is 60.8 Å². The van der Waals surface area contributed by atoms with E-state index in [-0.39, 0.29) is 18.6 Å². The first-order valence-electron chi connectivity index (χ1n) is 5.47. The number of rotatable bonds is 2. The second-order valence-electron chi connectivity index (χ2n) is 4.28. The fourth-order valence-corrected chi connectivity index (χ4v) is 2.02. The van der Waals surface area contributed by atoms with Crippen molar-refractivity contribution in [2.45, 2.75) is 18.5 Å². The molecule has 0 unspecified atom stereocenters. The number of anilines is 1. The van der Waals surface area contributed by atoms with Crippen LogP contribution in [0.25, 0.3) is 0 Å². The van der Waals surface area contributed by atoms with Crippen LogP contribution in [0.15, 0.2) is 24.3 Å². The zero-order valence-electron chi connectivity index (χ0n) is 9.27. The first-order chi connectivity index (χ1) is 8.01. The Balaban J connectivity index is 2.07. The number of benzene rings is 1. The Bertz CT molecular complexity index is 428. The molecule has 1 aliphatic heterocycles. The summed E-state index contributed by atoms with van der Waals surface area (Å²) in [6.07, 6.45) is -0.0595. The molecule has 1 aliphatic rings. The van der Waals surface area contributed by atoms with Crippen molar-refractivity contribution in [1.82, 2.24) is 0 Å². The highest BCUT2D eigenvalue weighted by Gasteiger charge is 2.41. The Morgan fingerprint density at radius 3 is 2.53 bits per heavy atom. The molecule has 1 fully saturated rings. The highest BCUT2D eigenvalue weighted by atomic mass is 19.1. The van der Waals surface area contributed by atoms with Gasteiger partial charge in [-0.1, -0.05) is 6.07 Å². The zero-order chi connectivity index (χ0) is 12.5. The molecule has 1 saturated heterocycles. The fraction of sp³-hybridized carbons (Fsp3) is 0.417. The van der Waals surface area contributed by atoms with Gasteiger partial charge >= 0.3 is 5.97 Å². The molecule has 0 radical (unpaired) electrons. The van der Waals surface area contributed by atoms with Gasteiger partial charge in [0.2, 0.25) is 5.67 Å². The summed E-state index contributed by atoms with van der Waals surface area (Å²) in [5, 5.41) is 18.1. The second kappa shape index (κ2) is 4.24. The van der Waals surface area contributed by atoms with E-state index in [1.807, 2.05) is 11.0 Å². The molecule has 5 heteroatoms. The molecule has 2 rings (SSSR count). The van der Waals surface area contributed by atoms with Gasteiger partial charge in [-0.2, -0.15) is 0 Å². The summed E-state index contributed by atoms with van der Waals surface area (Å²) >= 11 is 0. The van der Waals surface area contributed by atoms with Gasteiger partial charge < -0.3 is 15.1 Å². The summed E-state index contributed by atoms with van der Waals surface area (Å²) in [7, 11) is 0. The van der Waals surface area contributed by atoms with Crippen LogP contribution in [0.2, 0.25) is 0 Å². The number of phenols is 1. The first kappa shape index (κ1) is 11.7. The van der Waals surface area contributed by atoms with Crippen LogP contribution in [0, 0.1) is 0 Å². The number of hydrogen-bond acceptors (Lipinski definition) is 3. The van der Waals surface area contributed by atoms with Crippen LogP contribution < -0.4 is 4.90 Å². The van der Waals surface area contributed by atoms with Gasteiger partial charge in [-0.3, -0.25) is 0 Å². The molecule has 0 amide bonds. The SMILES string of the molecule is O=C(O)C1(F)CCN(c2cccc(O)c2)CC1. The van der Waals surface area contributed by atoms with Crippen LogP contribution >= 0.6 is 0 Å². The molecule has 92 valence electrons. The minimum absolute atomic E-state index is 0.0298. The number of aliphatic carboxylic acids is 1. The Hall–Kier alpha value is -1.78. The normalized spacial score (nSPS) is 19.0. The highest BCUT2D eigenvalue weighted by molar-refractivity contribution is 5.77. The van der Waals surface area contributed by atoms with Crippen LogP contribution in [-0.2, 0) is 4.79 Å². The average molecular weight is 239 g/mol. The minimum Gasteiger partial charge on any atom is -0.508 e. The summed E-state index contributed by atoms with van der Waals surface area (Å²) in [4.78, 5) is 12.6. The first-order valence-corrected chi connectivity index (χ1v) is 5.47. The van der Waals surface area contributed by atoms with Crippen LogP contribution in [-0.4, -0.2) is 34.9 Å². The maximum absolute atomic E-state index is 13.8. The van der Waals surface area contributed by atoms with Gasteiger partial charge in [-0.15, -0.1) is 0 Å². The van der Waals surface area contributed by atoms with Crippen molar-refractivity contribution in [3.05, 3.63) is 24.3 Å². The second-order valence-corrected chi connectivity index (χ2v) is 4.28. The lowest BCUT2D eigenvalue weighted by Crippen LogP contribution is -2.46. The molecule has 2 N–H and O–H groups in total. The van der Waals surface area contributed by atoms with Gasteiger partial charge in [0, 0.05) is 37.7 Å². The third-order valence-corrected chi connectivity index (χ3v) is 3.13. The molecular formula is C12H14FNO3. The Labute approximate surface area is 98.3 Å². The predicted molar refractivity (Wildman–Crippen MR) is 61.0 cm³/mol. The van der Waals surface area contributed by atoms with E-state index in [1.54, 1.807) is 18.2 Å². The lowest BCUT2D eigenvalue weighted by molar-refractivity contribution is -0.152. The van der Waals surface area contributed by atoms with E-state index in [0.717, 1.165) is 5.69 Å². The lowest BCUT2D eigenvalue weighted by Gasteiger charge is -2.35. The van der Waals surface area contributed by atoms with Crippen molar-refractivity contribution in [3.63, 3.8) is 0 Å². The average Bonchev–Trinajstić information content (AvgIpc) is 2.30. The fourth-order valence-electron chi connectivity index (χ4n) is 2.02. The lowest BCUT2D eigenvalue weighted by atomic mass is 9.93. The number of carboxylic acids is 1. The van der Waals surface area contributed by atoms with E-state index in [9.17, 15) is 14.3 Å². The number of carboxylic acid groups (broad SMARTS) is 1. The minimum atomic E-state index is -2.10. The molecule has 0 bridgehead atoms. The number of hydrogen-bond donors (Lipinski definition) is 2. The Kier molecular flexibility index (Phi) is 2.92. The van der Waals surface area contributed by atoms with E-state index >= 15 is 0 Å². The van der Waals surface area contributed by atoms with E-state index in [4.69, 9.17) is 5.11 Å². The maximum atomic E-state index is 13.8. The van der Waals surface area contributed by atoms with Crippen molar-refractivity contribution >= 4 is 11.7 Å². The quantitative estimate of drug-likeness (QED) is 0.826. The molecular weight excluding hydrogens is 225 g/mol. The number of alkyl halides is 1. The van der Waals surface area contributed by atoms with Gasteiger partial charge in [-0.25, -0.2) is 9.18 Å². The number of halogens is 1. The number of phenolic OH excluding ortho intramolecular Hbond substituents is 1. The molecule has 0 atom stereocenters. The molecule has 1 aromatic carbocycles. The summed E-state index contributed by atoms with van der Waals surface area (Å²) in [6.45, 7) is 0.679. The van der Waals surface area contributed by atoms with E-state index in [0.29, 0.717) is 13.1 Å². The maximum Gasteiger partial charge on any atom is 0.341 e. The largest absolute Gasteiger partial charge is 0.508 e. The number of nitrogens with zero attached hydrogens (tertiary/aromatic N) is 1. The molecule has 1 aromatic rings. The van der Waals surface area contributed by atoms with Crippen molar-refractivity contribution < 1.29 is 19.4 Å². The van der Waals surface area contributed by atoms with Gasteiger partial charge in [0.15, 0.2) is 0 Å². The summed E-state index contributed by atoms with van der Waals surface area (Å²) in [5.41, 5.74) is -1.31. The van der Waals surface area contributed by atoms with Crippen molar-refractivity contribution in [2.75, 3.05) is 18.0 Å². The van der Waals surface area contributed by atoms with E-state index in [2.05, 4.69) is 0 Å². The monoisotopic (exact) mass is 239 g/mol. The van der Waals surface area contributed by atoms with Gasteiger partial charge in [0.25, 0.3) is 0 Å². The molecule has 0 spiro atoms. The summed E-state index contributed by atoms with van der Waals surface area (Å²) in [5.74, 6) is -1.23. The van der Waals surface area contributed by atoms with E-state index in [1.165, 1.54) is 0 Å². The standard InChI is InChI=1S/C12H14FNO3/c13-12(11(16)17)4-6-14(7-5-12)9-2-1-3-10(15)8-9/h1-3,8,15H,4-7H2,(H,16,17). The summed E-state index contributed by atoms with van der Waals surface area (Å²) in [6, 6.07) is 6.67. The van der Waals surface area contributed by atoms with Gasteiger partial charge in [0.05, 0.1) is 0 Å². The molecule has 1 heterocycles. The molecule has 0 aromatic heterocycles. The van der Waals surface area contributed by atoms with Crippen molar-refractivity contribution in [1.29, 1.82) is 0 Å². The number of carbonyl (C=O) groups is 1. The number of aromatic hydroxyl groups is 1. The number of piperidine rings is 1. The van der Waals surface area contributed by atoms with E-state index < -0.39 is 11.6 Å². The third kappa shape index (κ3) is 2.33. The Morgan fingerprint density at radius 1 is 1.35 bits per heavy atom. The highest BCUT2D eigenvalue weighted by Crippen LogP contribution is 2.30. The predicted octanol–water partition coefficient (Wildman–Crippen LogP) is 1.79.